The second-order valence-electron chi connectivity index (χ2n) is 18.4. The summed E-state index contributed by atoms with van der Waals surface area (Å²) in [7, 11) is 0. The number of aryl methyl sites for hydroxylation is 4. The minimum absolute atomic E-state index is 0.359. The molecule has 2 fully saturated rings. The normalized spacial score (nSPS) is 17.7. The van der Waals surface area contributed by atoms with Gasteiger partial charge in [-0.05, 0) is 210 Å². The van der Waals surface area contributed by atoms with Crippen molar-refractivity contribution in [3.63, 3.8) is 0 Å². The van der Waals surface area contributed by atoms with E-state index in [1.54, 1.807) is 0 Å². The first kappa shape index (κ1) is 50.4. The Labute approximate surface area is 405 Å². The third kappa shape index (κ3) is 14.5. The Morgan fingerprint density at radius 1 is 0.537 bits per heavy atom. The third-order valence-electron chi connectivity index (χ3n) is 13.8. The van der Waals surface area contributed by atoms with Gasteiger partial charge in [-0.15, -0.1) is 0 Å². The molecular formula is C62H69ClO4. The molecule has 0 atom stereocenters. The van der Waals surface area contributed by atoms with E-state index in [0.29, 0.717) is 35.2 Å². The molecule has 0 unspecified atom stereocenters. The van der Waals surface area contributed by atoms with Gasteiger partial charge in [0.1, 0.15) is 11.5 Å². The van der Waals surface area contributed by atoms with Crippen LogP contribution in [0, 0.1) is 13.8 Å². The van der Waals surface area contributed by atoms with Gasteiger partial charge in [-0.3, -0.25) is 4.79 Å². The van der Waals surface area contributed by atoms with Crippen LogP contribution in [0.25, 0.3) is 22.3 Å². The number of halogens is 1. The molecule has 2 saturated carbocycles. The summed E-state index contributed by atoms with van der Waals surface area (Å²) in [6, 6.07) is 48.1. The number of aromatic hydroxyl groups is 1. The number of hydrogen-bond donors (Lipinski definition) is 1. The van der Waals surface area contributed by atoms with E-state index in [0.717, 1.165) is 18.9 Å². The van der Waals surface area contributed by atoms with Crippen molar-refractivity contribution >= 4 is 22.8 Å². The SMILES string of the molecule is C=CC(=O)Cl.C=CC(=O)Oc1ccc(C2CCC(c3ccc(-c4ccc(CCC)cc4)c(C)c3)CC2)cc1.CCCc1ccc(-c2ccc(C3CCC(c4ccc(O)cc4)CC3)cc2C)cc1. The molecule has 0 aromatic heterocycles. The molecule has 0 heterocycles. The van der Waals surface area contributed by atoms with E-state index < -0.39 is 11.2 Å². The molecule has 348 valence electrons. The maximum absolute atomic E-state index is 11.4. The van der Waals surface area contributed by atoms with Crippen molar-refractivity contribution in [2.75, 3.05) is 0 Å². The molecule has 67 heavy (non-hydrogen) atoms. The van der Waals surface area contributed by atoms with E-state index in [9.17, 15) is 14.7 Å². The van der Waals surface area contributed by atoms with E-state index >= 15 is 0 Å². The second kappa shape index (κ2) is 25.2. The average Bonchev–Trinajstić information content (AvgIpc) is 3.36. The topological polar surface area (TPSA) is 63.6 Å². The first-order chi connectivity index (χ1) is 32.5. The Kier molecular flexibility index (Phi) is 19.0. The van der Waals surface area contributed by atoms with Gasteiger partial charge in [0, 0.05) is 6.08 Å². The van der Waals surface area contributed by atoms with Crippen molar-refractivity contribution in [2.45, 2.75) is 128 Å². The molecule has 2 aliphatic rings. The number of phenols is 1. The standard InChI is InChI=1S/C31H34O2.C28H32O.C3H3ClO/c1-4-6-23-7-9-27(10-8-23)30-20-17-28(21-22(30)3)26-13-11-24(12-14-26)25-15-18-29(19-16-25)33-31(32)5-2;1-3-4-21-5-7-25(8-6-21)28-18-15-26(19-20(28)2)24-11-9-22(10-12-24)23-13-16-27(29)17-14-23;1-2-3(4)5/h5,7-10,15-21,24,26H,2,4,6,11-14H2,1,3H3;5-8,13-19,22,24,29H,3-4,9-12H2,1-2H3;2H,1H2. The van der Waals surface area contributed by atoms with Crippen LogP contribution in [0.3, 0.4) is 0 Å². The highest BCUT2D eigenvalue weighted by Gasteiger charge is 2.25. The lowest BCUT2D eigenvalue weighted by molar-refractivity contribution is -0.129. The summed E-state index contributed by atoms with van der Waals surface area (Å²) in [4.78, 5) is 20.8. The van der Waals surface area contributed by atoms with E-state index in [-0.39, 0.29) is 0 Å². The number of esters is 1. The molecule has 2 aliphatic carbocycles. The molecule has 8 rings (SSSR count). The quantitative estimate of drug-likeness (QED) is 0.0543. The lowest BCUT2D eigenvalue weighted by Crippen LogP contribution is -2.12. The zero-order valence-electron chi connectivity index (χ0n) is 40.1. The van der Waals surface area contributed by atoms with E-state index in [4.69, 9.17) is 16.3 Å². The molecule has 1 N–H and O–H groups in total. The summed E-state index contributed by atoms with van der Waals surface area (Å²) in [5.41, 5.74) is 16.6. The monoisotopic (exact) mass is 912 g/mol. The van der Waals surface area contributed by atoms with Crippen LogP contribution in [0.5, 0.6) is 11.5 Å². The van der Waals surface area contributed by atoms with E-state index in [1.165, 1.54) is 137 Å². The maximum atomic E-state index is 11.4. The van der Waals surface area contributed by atoms with Crippen molar-refractivity contribution in [2.24, 2.45) is 0 Å². The molecule has 4 nitrogen and oxygen atoms in total. The van der Waals surface area contributed by atoms with E-state index in [2.05, 4.69) is 150 Å². The van der Waals surface area contributed by atoms with Gasteiger partial charge in [0.15, 0.2) is 0 Å². The fourth-order valence-electron chi connectivity index (χ4n) is 10.0. The first-order valence-corrected chi connectivity index (χ1v) is 24.8. The van der Waals surface area contributed by atoms with Gasteiger partial charge >= 0.3 is 5.97 Å². The van der Waals surface area contributed by atoms with Crippen LogP contribution < -0.4 is 4.74 Å². The van der Waals surface area contributed by atoms with Crippen LogP contribution in [-0.4, -0.2) is 16.3 Å². The van der Waals surface area contributed by atoms with Crippen LogP contribution in [-0.2, 0) is 22.4 Å². The summed E-state index contributed by atoms with van der Waals surface area (Å²) >= 11 is 4.71. The van der Waals surface area contributed by atoms with Gasteiger partial charge in [-0.1, -0.05) is 149 Å². The Balaban J connectivity index is 0.000000202. The highest BCUT2D eigenvalue weighted by molar-refractivity contribution is 6.66. The van der Waals surface area contributed by atoms with Gasteiger partial charge in [0.25, 0.3) is 0 Å². The fraction of sp³-hybridized carbons (Fsp3) is 0.323. The zero-order valence-corrected chi connectivity index (χ0v) is 40.9. The number of benzene rings is 6. The largest absolute Gasteiger partial charge is 0.508 e. The van der Waals surface area contributed by atoms with Crippen molar-refractivity contribution in [3.05, 3.63) is 203 Å². The second-order valence-corrected chi connectivity index (χ2v) is 18.8. The van der Waals surface area contributed by atoms with Gasteiger partial charge in [0.05, 0.1) is 0 Å². The van der Waals surface area contributed by atoms with Gasteiger partial charge < -0.3 is 9.84 Å². The summed E-state index contributed by atoms with van der Waals surface area (Å²) in [5, 5.41) is 9.00. The van der Waals surface area contributed by atoms with Gasteiger partial charge in [0.2, 0.25) is 5.24 Å². The average molecular weight is 914 g/mol. The van der Waals surface area contributed by atoms with Crippen molar-refractivity contribution in [3.8, 4) is 33.8 Å². The third-order valence-corrected chi connectivity index (χ3v) is 13.9. The molecule has 0 amide bonds. The molecule has 6 aromatic rings. The van der Waals surface area contributed by atoms with Crippen LogP contribution in [0.4, 0.5) is 0 Å². The Hall–Kier alpha value is -5.97. The van der Waals surface area contributed by atoms with Crippen molar-refractivity contribution in [1.82, 2.24) is 0 Å². The van der Waals surface area contributed by atoms with E-state index in [1.807, 2.05) is 24.3 Å². The summed E-state index contributed by atoms with van der Waals surface area (Å²) in [5.74, 6) is 3.03. The molecule has 0 saturated heterocycles. The minimum Gasteiger partial charge on any atom is -0.508 e. The number of hydrogen-bond acceptors (Lipinski definition) is 4. The number of phenolic OH excluding ortho intramolecular Hbond substituents is 1. The van der Waals surface area contributed by atoms with Crippen LogP contribution in [0.1, 0.15) is 146 Å². The highest BCUT2D eigenvalue weighted by Crippen LogP contribution is 2.43. The fourth-order valence-corrected chi connectivity index (χ4v) is 10.0. The first-order valence-electron chi connectivity index (χ1n) is 24.4. The molecule has 5 heteroatoms. The smallest absolute Gasteiger partial charge is 0.335 e. The minimum atomic E-state index is -0.509. The number of allylic oxidation sites excluding steroid dienone is 1. The van der Waals surface area contributed by atoms with Gasteiger partial charge in [-0.25, -0.2) is 4.79 Å². The Morgan fingerprint density at radius 3 is 1.21 bits per heavy atom. The number of carbonyl (C=O) groups is 2. The van der Waals surface area contributed by atoms with Crippen LogP contribution in [0.2, 0.25) is 0 Å². The Morgan fingerprint density at radius 2 is 0.881 bits per heavy atom. The molecule has 6 aromatic carbocycles. The number of rotatable bonds is 13. The van der Waals surface area contributed by atoms with Crippen molar-refractivity contribution < 1.29 is 19.4 Å². The lowest BCUT2D eigenvalue weighted by atomic mass is 9.76. The summed E-state index contributed by atoms with van der Waals surface area (Å²) in [6.07, 6.45) is 16.7. The van der Waals surface area contributed by atoms with Gasteiger partial charge in [-0.2, -0.15) is 0 Å². The predicted octanol–water partition coefficient (Wildman–Crippen LogP) is 16.8. The number of ether oxygens (including phenoxy) is 1. The lowest BCUT2D eigenvalue weighted by Gasteiger charge is -2.29. The molecular weight excluding hydrogens is 844 g/mol. The maximum Gasteiger partial charge on any atom is 0.335 e. The Bertz CT molecular complexity index is 2520. The summed E-state index contributed by atoms with van der Waals surface area (Å²) in [6.45, 7) is 15.5. The van der Waals surface area contributed by atoms with Crippen molar-refractivity contribution in [1.29, 1.82) is 0 Å². The summed E-state index contributed by atoms with van der Waals surface area (Å²) < 4.78 is 5.19. The number of carbonyl (C=O) groups excluding carboxylic acids is 2. The molecule has 0 bridgehead atoms. The highest BCUT2D eigenvalue weighted by atomic mass is 35.5. The zero-order chi connectivity index (χ0) is 47.7. The molecule has 0 aliphatic heterocycles. The molecule has 0 spiro atoms. The molecule has 0 radical (unpaired) electrons. The predicted molar refractivity (Wildman–Crippen MR) is 281 cm³/mol. The van der Waals surface area contributed by atoms with Crippen LogP contribution >= 0.6 is 11.6 Å². The van der Waals surface area contributed by atoms with Crippen LogP contribution in [0.15, 0.2) is 159 Å².